The van der Waals surface area contributed by atoms with Crippen molar-refractivity contribution in [3.63, 3.8) is 0 Å². The summed E-state index contributed by atoms with van der Waals surface area (Å²) in [6.45, 7) is 0.613. The van der Waals surface area contributed by atoms with E-state index in [4.69, 9.17) is 16.9 Å². The van der Waals surface area contributed by atoms with Crippen molar-refractivity contribution in [1.29, 1.82) is 5.26 Å². The molecule has 0 N–H and O–H groups in total. The summed E-state index contributed by atoms with van der Waals surface area (Å²) < 4.78 is 1.84. The minimum absolute atomic E-state index is 0.454. The Hall–Kier alpha value is -1.60. The molecule has 2 heterocycles. The van der Waals surface area contributed by atoms with Gasteiger partial charge in [0.05, 0.1) is 23.8 Å². The number of aryl methyl sites for hydroxylation is 1. The largest absolute Gasteiger partial charge is 0.314 e. The van der Waals surface area contributed by atoms with Gasteiger partial charge in [-0.1, -0.05) is 11.6 Å². The Labute approximate surface area is 85.8 Å². The third-order valence-electron chi connectivity index (χ3n) is 1.89. The second-order valence-electron chi connectivity index (χ2n) is 2.84. The fourth-order valence-electron chi connectivity index (χ4n) is 1.26. The van der Waals surface area contributed by atoms with Crippen LogP contribution in [0.25, 0.3) is 11.2 Å². The minimum Gasteiger partial charge on any atom is -0.314 e. The van der Waals surface area contributed by atoms with Gasteiger partial charge in [-0.3, -0.25) is 0 Å². The summed E-state index contributed by atoms with van der Waals surface area (Å²) in [7, 11) is 0. The predicted octanol–water partition coefficient (Wildman–Crippen LogP) is 2.00. The average Bonchev–Trinajstić information content (AvgIpc) is 2.57. The number of hydrogen-bond acceptors (Lipinski definition) is 3. The standard InChI is InChI=1S/C9H7ClN4/c10-7-4-8-9(12-5-7)14(6-13-8)3-1-2-11/h4-6H,1,3H2. The summed E-state index contributed by atoms with van der Waals surface area (Å²) in [4.78, 5) is 8.29. The fourth-order valence-corrected chi connectivity index (χ4v) is 1.41. The third-order valence-corrected chi connectivity index (χ3v) is 2.09. The second-order valence-corrected chi connectivity index (χ2v) is 3.28. The first kappa shape index (κ1) is 8.97. The molecule has 0 amide bonds. The van der Waals surface area contributed by atoms with Crippen LogP contribution in [-0.4, -0.2) is 14.5 Å². The molecule has 0 aliphatic carbocycles. The third kappa shape index (κ3) is 1.54. The van der Waals surface area contributed by atoms with Gasteiger partial charge in [-0.05, 0) is 6.07 Å². The van der Waals surface area contributed by atoms with Crippen LogP contribution < -0.4 is 0 Å². The number of fused-ring (bicyclic) bond motifs is 1. The first-order valence-electron chi connectivity index (χ1n) is 4.14. The molecule has 0 spiro atoms. The molecule has 2 aromatic rings. The number of nitrogens with zero attached hydrogens (tertiary/aromatic N) is 4. The minimum atomic E-state index is 0.454. The van der Waals surface area contributed by atoms with Gasteiger partial charge in [0.1, 0.15) is 5.52 Å². The number of rotatable bonds is 2. The van der Waals surface area contributed by atoms with Gasteiger partial charge < -0.3 is 4.57 Å². The lowest BCUT2D eigenvalue weighted by atomic mass is 10.4. The highest BCUT2D eigenvalue weighted by atomic mass is 35.5. The lowest BCUT2D eigenvalue weighted by Gasteiger charge is -1.98. The van der Waals surface area contributed by atoms with Crippen LogP contribution in [-0.2, 0) is 6.54 Å². The van der Waals surface area contributed by atoms with Crippen LogP contribution in [0.1, 0.15) is 6.42 Å². The Morgan fingerprint density at radius 1 is 1.50 bits per heavy atom. The SMILES string of the molecule is N#CCCn1cnc2cc(Cl)cnc21. The molecule has 0 atom stereocenters. The number of halogens is 1. The van der Waals surface area contributed by atoms with E-state index in [-0.39, 0.29) is 0 Å². The molecule has 2 aromatic heterocycles. The number of aromatic nitrogens is 3. The van der Waals surface area contributed by atoms with Gasteiger partial charge in [-0.15, -0.1) is 0 Å². The van der Waals surface area contributed by atoms with Crippen LogP contribution in [0, 0.1) is 11.3 Å². The number of hydrogen-bond donors (Lipinski definition) is 0. The van der Waals surface area contributed by atoms with E-state index in [1.54, 1.807) is 18.6 Å². The van der Waals surface area contributed by atoms with E-state index in [9.17, 15) is 0 Å². The zero-order chi connectivity index (χ0) is 9.97. The molecule has 2 rings (SSSR count). The van der Waals surface area contributed by atoms with Gasteiger partial charge in [-0.25, -0.2) is 9.97 Å². The lowest BCUT2D eigenvalue weighted by molar-refractivity contribution is 0.729. The van der Waals surface area contributed by atoms with Crippen LogP contribution in [0.15, 0.2) is 18.6 Å². The molecule has 14 heavy (non-hydrogen) atoms. The zero-order valence-corrected chi connectivity index (χ0v) is 8.07. The second kappa shape index (κ2) is 3.64. The topological polar surface area (TPSA) is 54.5 Å². The molecule has 0 radical (unpaired) electrons. The van der Waals surface area contributed by atoms with E-state index in [1.165, 1.54) is 0 Å². The van der Waals surface area contributed by atoms with Crippen LogP contribution in [0.3, 0.4) is 0 Å². The normalized spacial score (nSPS) is 10.3. The summed E-state index contributed by atoms with van der Waals surface area (Å²) >= 11 is 5.77. The lowest BCUT2D eigenvalue weighted by Crippen LogP contribution is -1.95. The van der Waals surface area contributed by atoms with Crippen molar-refractivity contribution in [3.8, 4) is 6.07 Å². The van der Waals surface area contributed by atoms with E-state index in [0.717, 1.165) is 11.2 Å². The highest BCUT2D eigenvalue weighted by Gasteiger charge is 2.03. The molecule has 0 unspecified atom stereocenters. The Morgan fingerprint density at radius 3 is 3.14 bits per heavy atom. The van der Waals surface area contributed by atoms with Crippen molar-refractivity contribution in [3.05, 3.63) is 23.6 Å². The fraction of sp³-hybridized carbons (Fsp3) is 0.222. The Bertz CT molecular complexity index is 497. The van der Waals surface area contributed by atoms with E-state index >= 15 is 0 Å². The molecule has 0 aliphatic rings. The summed E-state index contributed by atoms with van der Waals surface area (Å²) in [5.74, 6) is 0. The summed E-state index contributed by atoms with van der Waals surface area (Å²) in [5, 5.41) is 9.03. The number of pyridine rings is 1. The highest BCUT2D eigenvalue weighted by molar-refractivity contribution is 6.30. The molecular formula is C9H7ClN4. The maximum atomic E-state index is 8.46. The molecule has 0 aromatic carbocycles. The molecule has 70 valence electrons. The Kier molecular flexibility index (Phi) is 2.33. The maximum absolute atomic E-state index is 8.46. The van der Waals surface area contributed by atoms with E-state index in [2.05, 4.69) is 16.0 Å². The van der Waals surface area contributed by atoms with Crippen molar-refractivity contribution >= 4 is 22.8 Å². The van der Waals surface area contributed by atoms with Crippen molar-refractivity contribution in [2.24, 2.45) is 0 Å². The van der Waals surface area contributed by atoms with Crippen molar-refractivity contribution in [1.82, 2.24) is 14.5 Å². The monoisotopic (exact) mass is 206 g/mol. The van der Waals surface area contributed by atoms with Crippen LogP contribution in [0.2, 0.25) is 5.02 Å². The highest BCUT2D eigenvalue weighted by Crippen LogP contribution is 2.15. The zero-order valence-electron chi connectivity index (χ0n) is 7.31. The molecule has 0 saturated heterocycles. The van der Waals surface area contributed by atoms with Crippen molar-refractivity contribution < 1.29 is 0 Å². The first-order chi connectivity index (χ1) is 6.81. The Balaban J connectivity index is 2.43. The van der Waals surface area contributed by atoms with E-state index in [1.807, 2.05) is 4.57 Å². The molecule has 0 aliphatic heterocycles. The first-order valence-corrected chi connectivity index (χ1v) is 4.52. The molecular weight excluding hydrogens is 200 g/mol. The van der Waals surface area contributed by atoms with Gasteiger partial charge in [0.2, 0.25) is 0 Å². The molecule has 5 heteroatoms. The number of imidazole rings is 1. The molecule has 4 nitrogen and oxygen atoms in total. The van der Waals surface area contributed by atoms with Gasteiger partial charge in [0.25, 0.3) is 0 Å². The van der Waals surface area contributed by atoms with E-state index in [0.29, 0.717) is 18.0 Å². The van der Waals surface area contributed by atoms with Crippen molar-refractivity contribution in [2.45, 2.75) is 13.0 Å². The average molecular weight is 207 g/mol. The summed E-state index contributed by atoms with van der Waals surface area (Å²) in [6, 6.07) is 3.84. The predicted molar refractivity (Wildman–Crippen MR) is 52.8 cm³/mol. The van der Waals surface area contributed by atoms with Gasteiger partial charge in [0, 0.05) is 12.7 Å². The maximum Gasteiger partial charge on any atom is 0.159 e. The van der Waals surface area contributed by atoms with Gasteiger partial charge >= 0.3 is 0 Å². The molecule has 0 bridgehead atoms. The van der Waals surface area contributed by atoms with E-state index < -0.39 is 0 Å². The summed E-state index contributed by atoms with van der Waals surface area (Å²) in [6.07, 6.45) is 3.70. The smallest absolute Gasteiger partial charge is 0.159 e. The quantitative estimate of drug-likeness (QED) is 0.755. The molecule has 0 fully saturated rings. The van der Waals surface area contributed by atoms with Crippen LogP contribution >= 0.6 is 11.6 Å². The van der Waals surface area contributed by atoms with Crippen LogP contribution in [0.4, 0.5) is 0 Å². The molecule has 0 saturated carbocycles. The Morgan fingerprint density at radius 2 is 2.36 bits per heavy atom. The summed E-state index contributed by atoms with van der Waals surface area (Å²) in [5.41, 5.74) is 1.53. The van der Waals surface area contributed by atoms with Crippen molar-refractivity contribution in [2.75, 3.05) is 0 Å². The van der Waals surface area contributed by atoms with Crippen LogP contribution in [0.5, 0.6) is 0 Å². The van der Waals surface area contributed by atoms with Gasteiger partial charge in [0.15, 0.2) is 5.65 Å². The van der Waals surface area contributed by atoms with Gasteiger partial charge in [-0.2, -0.15) is 5.26 Å². The number of nitriles is 1.